The van der Waals surface area contributed by atoms with Crippen LogP contribution in [-0.2, 0) is 0 Å². The monoisotopic (exact) mass is 448 g/mol. The van der Waals surface area contributed by atoms with Gasteiger partial charge in [0.05, 0.1) is 0 Å². The minimum Gasteiger partial charge on any atom is -0.204 e. The van der Waals surface area contributed by atoms with Crippen molar-refractivity contribution in [1.82, 2.24) is 0 Å². The summed E-state index contributed by atoms with van der Waals surface area (Å²) in [6.07, 6.45) is 0.959. The van der Waals surface area contributed by atoms with Crippen molar-refractivity contribution < 1.29 is 43.9 Å². The van der Waals surface area contributed by atoms with E-state index in [2.05, 4.69) is 0 Å². The van der Waals surface area contributed by atoms with Gasteiger partial charge in [0, 0.05) is 10.9 Å². The smallest absolute Gasteiger partial charge is 0.204 e. The predicted octanol–water partition coefficient (Wildman–Crippen LogP) is 4.94. The van der Waals surface area contributed by atoms with Gasteiger partial charge in [0.15, 0.2) is 58.2 Å². The summed E-state index contributed by atoms with van der Waals surface area (Å²) in [4.78, 5) is 0. The standard InChI is InChI=1S/C20H7BF10/c22-11-9(12(23)16(27)19(30)15(11)26)21(7-6-8-4-2-1-3-5-8)10-13(24)17(28)20(31)18(29)14(10)25/h1-7H/b7-6+. The summed E-state index contributed by atoms with van der Waals surface area (Å²) in [5.41, 5.74) is -3.33. The largest absolute Gasteiger partial charge is 0.250 e. The van der Waals surface area contributed by atoms with Crippen molar-refractivity contribution >= 4 is 23.7 Å². The molecule has 0 nitrogen and oxygen atoms in total. The Kier molecular flexibility index (Phi) is 6.14. The molecule has 0 aliphatic carbocycles. The molecule has 3 rings (SSSR count). The van der Waals surface area contributed by atoms with Crippen molar-refractivity contribution in [2.24, 2.45) is 0 Å². The highest BCUT2D eigenvalue weighted by Crippen LogP contribution is 2.21. The minimum atomic E-state index is -2.56. The molecule has 160 valence electrons. The molecule has 0 saturated carbocycles. The van der Waals surface area contributed by atoms with Crippen LogP contribution in [0.25, 0.3) is 6.08 Å². The van der Waals surface area contributed by atoms with Crippen LogP contribution in [0.4, 0.5) is 43.9 Å². The normalized spacial score (nSPS) is 11.4. The first-order valence-corrected chi connectivity index (χ1v) is 8.33. The van der Waals surface area contributed by atoms with Crippen LogP contribution in [0, 0.1) is 58.2 Å². The molecule has 0 saturated heterocycles. The molecule has 0 heterocycles. The third-order valence-electron chi connectivity index (χ3n) is 4.39. The lowest BCUT2D eigenvalue weighted by Crippen LogP contribution is -2.49. The summed E-state index contributed by atoms with van der Waals surface area (Å²) in [5.74, 6) is -24.3. The Morgan fingerprint density at radius 3 is 1.13 bits per heavy atom. The molecule has 0 unspecified atom stereocenters. The molecule has 0 atom stereocenters. The Hall–Kier alpha value is -3.24. The molecule has 0 bridgehead atoms. The van der Waals surface area contributed by atoms with E-state index in [1.807, 2.05) is 0 Å². The van der Waals surface area contributed by atoms with Gasteiger partial charge in [-0.2, -0.15) is 0 Å². The SMILES string of the molecule is Fc1c(F)c(F)c(B(/C=C/c2ccccc2)c2c(F)c(F)c(F)c(F)c2F)c(F)c1F. The Balaban J connectivity index is 2.38. The summed E-state index contributed by atoms with van der Waals surface area (Å²) in [6, 6.07) is 7.30. The zero-order valence-electron chi connectivity index (χ0n) is 14.9. The van der Waals surface area contributed by atoms with Crippen molar-refractivity contribution in [3.8, 4) is 0 Å². The molecule has 0 radical (unpaired) electrons. The summed E-state index contributed by atoms with van der Waals surface area (Å²) in [7, 11) is 0. The number of hydrogen-bond donors (Lipinski definition) is 0. The van der Waals surface area contributed by atoms with Gasteiger partial charge in [-0.15, -0.1) is 5.98 Å². The molecular formula is C20H7BF10. The van der Waals surface area contributed by atoms with E-state index in [1.54, 1.807) is 6.07 Å². The van der Waals surface area contributed by atoms with E-state index >= 15 is 0 Å². The molecule has 0 fully saturated rings. The topological polar surface area (TPSA) is 0 Å². The highest BCUT2D eigenvalue weighted by Gasteiger charge is 2.38. The van der Waals surface area contributed by atoms with E-state index in [1.165, 1.54) is 24.3 Å². The molecule has 31 heavy (non-hydrogen) atoms. The second-order valence-corrected chi connectivity index (χ2v) is 6.21. The van der Waals surface area contributed by atoms with E-state index in [-0.39, 0.29) is 5.56 Å². The van der Waals surface area contributed by atoms with E-state index < -0.39 is 75.8 Å². The van der Waals surface area contributed by atoms with Gasteiger partial charge >= 0.3 is 0 Å². The molecule has 0 N–H and O–H groups in total. The van der Waals surface area contributed by atoms with Gasteiger partial charge in [-0.3, -0.25) is 0 Å². The first kappa shape index (κ1) is 22.5. The maximum atomic E-state index is 14.3. The average molecular weight is 448 g/mol. The van der Waals surface area contributed by atoms with Gasteiger partial charge in [0.2, 0.25) is 6.71 Å². The molecule has 3 aromatic carbocycles. The lowest BCUT2D eigenvalue weighted by Gasteiger charge is -2.17. The molecule has 11 heteroatoms. The molecule has 0 amide bonds. The number of hydrogen-bond acceptors (Lipinski definition) is 0. The second kappa shape index (κ2) is 8.48. The van der Waals surface area contributed by atoms with Gasteiger partial charge in [0.25, 0.3) is 0 Å². The summed E-state index contributed by atoms with van der Waals surface area (Å²) >= 11 is 0. The number of halogens is 10. The highest BCUT2D eigenvalue weighted by atomic mass is 19.2. The van der Waals surface area contributed by atoms with Crippen LogP contribution in [-0.4, -0.2) is 6.71 Å². The molecule has 0 aliphatic heterocycles. The van der Waals surface area contributed by atoms with Crippen LogP contribution in [0.15, 0.2) is 36.3 Å². The summed E-state index contributed by atoms with van der Waals surface area (Å²) < 4.78 is 139. The quantitative estimate of drug-likeness (QED) is 0.230. The molecule has 0 aromatic heterocycles. The van der Waals surface area contributed by atoms with Crippen molar-refractivity contribution in [2.75, 3.05) is 0 Å². The predicted molar refractivity (Wildman–Crippen MR) is 93.0 cm³/mol. The summed E-state index contributed by atoms with van der Waals surface area (Å²) in [6.45, 7) is -2.56. The van der Waals surface area contributed by atoms with E-state index in [9.17, 15) is 43.9 Å². The fraction of sp³-hybridized carbons (Fsp3) is 0. The first-order chi connectivity index (χ1) is 14.6. The van der Waals surface area contributed by atoms with Crippen molar-refractivity contribution in [1.29, 1.82) is 0 Å². The zero-order chi connectivity index (χ0) is 23.0. The lowest BCUT2D eigenvalue weighted by molar-refractivity contribution is 0.382. The van der Waals surface area contributed by atoms with Crippen LogP contribution in [0.1, 0.15) is 5.56 Å². The van der Waals surface area contributed by atoms with Crippen LogP contribution in [0.3, 0.4) is 0 Å². The third-order valence-corrected chi connectivity index (χ3v) is 4.39. The molecule has 3 aromatic rings. The highest BCUT2D eigenvalue weighted by molar-refractivity contribution is 6.89. The molecule has 0 aliphatic rings. The van der Waals surface area contributed by atoms with Crippen molar-refractivity contribution in [3.63, 3.8) is 0 Å². The van der Waals surface area contributed by atoms with Crippen LogP contribution < -0.4 is 10.9 Å². The van der Waals surface area contributed by atoms with E-state index in [4.69, 9.17) is 0 Å². The fourth-order valence-corrected chi connectivity index (χ4v) is 2.90. The van der Waals surface area contributed by atoms with Crippen LogP contribution >= 0.6 is 0 Å². The molecule has 0 spiro atoms. The number of rotatable bonds is 4. The second-order valence-electron chi connectivity index (χ2n) is 6.21. The lowest BCUT2D eigenvalue weighted by atomic mass is 9.40. The Bertz CT molecular complexity index is 1060. The maximum Gasteiger partial charge on any atom is 0.250 e. The zero-order valence-corrected chi connectivity index (χ0v) is 14.9. The van der Waals surface area contributed by atoms with Gasteiger partial charge in [-0.05, 0) is 5.56 Å². The fourth-order valence-electron chi connectivity index (χ4n) is 2.90. The molecular weight excluding hydrogens is 441 g/mol. The van der Waals surface area contributed by atoms with Crippen LogP contribution in [0.2, 0.25) is 0 Å². The average Bonchev–Trinajstić information content (AvgIpc) is 2.77. The van der Waals surface area contributed by atoms with Crippen molar-refractivity contribution in [2.45, 2.75) is 0 Å². The van der Waals surface area contributed by atoms with Crippen LogP contribution in [0.5, 0.6) is 0 Å². The van der Waals surface area contributed by atoms with E-state index in [0.29, 0.717) is 5.98 Å². The number of benzene rings is 3. The summed E-state index contributed by atoms with van der Waals surface area (Å²) in [5, 5.41) is 0. The Morgan fingerprint density at radius 1 is 0.452 bits per heavy atom. The van der Waals surface area contributed by atoms with Gasteiger partial charge < -0.3 is 0 Å². The maximum absolute atomic E-state index is 14.3. The minimum absolute atomic E-state index is 0.236. The Morgan fingerprint density at radius 2 is 0.774 bits per heavy atom. The first-order valence-electron chi connectivity index (χ1n) is 8.33. The van der Waals surface area contributed by atoms with Gasteiger partial charge in [0.1, 0.15) is 0 Å². The third kappa shape index (κ3) is 3.80. The van der Waals surface area contributed by atoms with Gasteiger partial charge in [-0.1, -0.05) is 36.4 Å². The van der Waals surface area contributed by atoms with Gasteiger partial charge in [-0.25, -0.2) is 43.9 Å². The Labute approximate surface area is 168 Å². The van der Waals surface area contributed by atoms with E-state index in [0.717, 1.165) is 6.08 Å². The van der Waals surface area contributed by atoms with Crippen molar-refractivity contribution in [3.05, 3.63) is 100 Å².